The molecule has 0 spiro atoms. The summed E-state index contributed by atoms with van der Waals surface area (Å²) in [6.07, 6.45) is 0.946. The molecular weight excluding hydrogens is 284 g/mol. The van der Waals surface area contributed by atoms with Crippen molar-refractivity contribution >= 4 is 27.7 Å². The van der Waals surface area contributed by atoms with Gasteiger partial charge in [0.15, 0.2) is 0 Å². The van der Waals surface area contributed by atoms with E-state index in [0.717, 1.165) is 6.92 Å². The molecule has 0 saturated heterocycles. The Morgan fingerprint density at radius 2 is 2.25 bits per heavy atom. The van der Waals surface area contributed by atoms with Gasteiger partial charge < -0.3 is 5.32 Å². The van der Waals surface area contributed by atoms with Crippen molar-refractivity contribution in [2.24, 2.45) is 0 Å². The van der Waals surface area contributed by atoms with Crippen LogP contribution in [-0.4, -0.2) is 21.8 Å². The first-order valence-corrected chi connectivity index (χ1v) is 5.37. The largest absolute Gasteiger partial charge is 0.310 e. The molecule has 0 radical (unpaired) electrons. The van der Waals surface area contributed by atoms with Crippen LogP contribution in [0.4, 0.5) is 14.6 Å². The lowest BCUT2D eigenvalue weighted by atomic mass is 9.89. The van der Waals surface area contributed by atoms with Gasteiger partial charge >= 0.3 is 0 Å². The SMILES string of the molecule is CC(F)(F)[C@@H]1CC(=O)Nc2ncnc(Br)c21. The highest BCUT2D eigenvalue weighted by Crippen LogP contribution is 2.43. The van der Waals surface area contributed by atoms with E-state index in [2.05, 4.69) is 31.2 Å². The number of hydrogen-bond acceptors (Lipinski definition) is 3. The van der Waals surface area contributed by atoms with E-state index in [-0.39, 0.29) is 17.8 Å². The topological polar surface area (TPSA) is 54.9 Å². The molecule has 2 heterocycles. The Morgan fingerprint density at radius 1 is 1.56 bits per heavy atom. The van der Waals surface area contributed by atoms with Crippen molar-refractivity contribution in [2.75, 3.05) is 5.32 Å². The van der Waals surface area contributed by atoms with E-state index in [1.54, 1.807) is 0 Å². The Labute approximate surface area is 98.6 Å². The van der Waals surface area contributed by atoms with E-state index in [1.807, 2.05) is 0 Å². The Morgan fingerprint density at radius 3 is 2.88 bits per heavy atom. The zero-order valence-corrected chi connectivity index (χ0v) is 9.88. The Hall–Kier alpha value is -1.11. The monoisotopic (exact) mass is 291 g/mol. The summed E-state index contributed by atoms with van der Waals surface area (Å²) < 4.78 is 27.1. The van der Waals surface area contributed by atoms with Crippen LogP contribution < -0.4 is 5.32 Å². The second-order valence-electron chi connectivity index (χ2n) is 3.69. The van der Waals surface area contributed by atoms with Crippen molar-refractivity contribution in [1.82, 2.24) is 9.97 Å². The molecule has 1 atom stereocenters. The third kappa shape index (κ3) is 1.91. The first-order chi connectivity index (χ1) is 7.39. The Balaban J connectivity index is 2.56. The van der Waals surface area contributed by atoms with Crippen LogP contribution in [0.2, 0.25) is 0 Å². The quantitative estimate of drug-likeness (QED) is 0.808. The first kappa shape index (κ1) is 11.4. The molecule has 0 unspecified atom stereocenters. The fourth-order valence-corrected chi connectivity index (χ4v) is 2.24. The van der Waals surface area contributed by atoms with Gasteiger partial charge in [0.05, 0.1) is 5.92 Å². The van der Waals surface area contributed by atoms with Crippen molar-refractivity contribution in [2.45, 2.75) is 25.2 Å². The Kier molecular flexibility index (Phi) is 2.65. The summed E-state index contributed by atoms with van der Waals surface area (Å²) in [7, 11) is 0. The number of rotatable bonds is 1. The van der Waals surface area contributed by atoms with E-state index in [9.17, 15) is 13.6 Å². The predicted octanol–water partition coefficient (Wildman–Crippen LogP) is 2.32. The Bertz CT molecular complexity index is 447. The third-order valence-corrected chi connectivity index (χ3v) is 3.07. The van der Waals surface area contributed by atoms with Crippen molar-refractivity contribution in [1.29, 1.82) is 0 Å². The number of halogens is 3. The van der Waals surface area contributed by atoms with Gasteiger partial charge in [-0.05, 0) is 22.9 Å². The van der Waals surface area contributed by atoms with E-state index < -0.39 is 17.7 Å². The van der Waals surface area contributed by atoms with Gasteiger partial charge in [-0.3, -0.25) is 4.79 Å². The van der Waals surface area contributed by atoms with Crippen LogP contribution in [0.3, 0.4) is 0 Å². The lowest BCUT2D eigenvalue weighted by Crippen LogP contribution is -2.33. The lowest BCUT2D eigenvalue weighted by molar-refractivity contribution is -0.119. The summed E-state index contributed by atoms with van der Waals surface area (Å²) in [5.41, 5.74) is 0.259. The number of carbonyl (C=O) groups excluding carboxylic acids is 1. The molecule has 4 nitrogen and oxygen atoms in total. The minimum absolute atomic E-state index is 0.157. The molecule has 1 N–H and O–H groups in total. The molecule has 0 fully saturated rings. The van der Waals surface area contributed by atoms with Gasteiger partial charge in [-0.1, -0.05) is 0 Å². The number of anilines is 1. The zero-order chi connectivity index (χ0) is 11.9. The molecule has 7 heteroatoms. The average Bonchev–Trinajstić information content (AvgIpc) is 2.15. The van der Waals surface area contributed by atoms with Crippen LogP contribution in [0.1, 0.15) is 24.8 Å². The summed E-state index contributed by atoms with van der Waals surface area (Å²) in [6, 6.07) is 0. The van der Waals surface area contributed by atoms with Gasteiger partial charge in [0, 0.05) is 12.0 Å². The summed E-state index contributed by atoms with van der Waals surface area (Å²) in [5.74, 6) is -4.47. The number of fused-ring (bicyclic) bond motifs is 1. The van der Waals surface area contributed by atoms with E-state index in [4.69, 9.17) is 0 Å². The number of amides is 1. The highest BCUT2D eigenvalue weighted by atomic mass is 79.9. The second kappa shape index (κ2) is 3.73. The smallest absolute Gasteiger partial charge is 0.252 e. The second-order valence-corrected chi connectivity index (χ2v) is 4.44. The zero-order valence-electron chi connectivity index (χ0n) is 8.30. The number of alkyl halides is 2. The number of nitrogens with one attached hydrogen (secondary N) is 1. The van der Waals surface area contributed by atoms with Crippen molar-refractivity contribution in [3.05, 3.63) is 16.5 Å². The van der Waals surface area contributed by atoms with Gasteiger partial charge in [0.1, 0.15) is 16.7 Å². The first-order valence-electron chi connectivity index (χ1n) is 4.57. The van der Waals surface area contributed by atoms with Crippen LogP contribution in [0, 0.1) is 0 Å². The van der Waals surface area contributed by atoms with Crippen molar-refractivity contribution in [3.8, 4) is 0 Å². The normalized spacial score (nSPS) is 20.2. The number of aromatic nitrogens is 2. The fraction of sp³-hybridized carbons (Fsp3) is 0.444. The molecule has 86 valence electrons. The molecule has 1 aliphatic heterocycles. The van der Waals surface area contributed by atoms with Gasteiger partial charge in [-0.2, -0.15) is 0 Å². The van der Waals surface area contributed by atoms with Crippen molar-refractivity contribution in [3.63, 3.8) is 0 Å². The van der Waals surface area contributed by atoms with Crippen LogP contribution in [0.5, 0.6) is 0 Å². The molecule has 0 aromatic carbocycles. The van der Waals surface area contributed by atoms with Crippen molar-refractivity contribution < 1.29 is 13.6 Å². The minimum Gasteiger partial charge on any atom is -0.310 e. The minimum atomic E-state index is -2.99. The fourth-order valence-electron chi connectivity index (χ4n) is 1.69. The van der Waals surface area contributed by atoms with Gasteiger partial charge in [-0.15, -0.1) is 0 Å². The van der Waals surface area contributed by atoms with Crippen LogP contribution in [0.25, 0.3) is 0 Å². The standard InChI is InChI=1S/C9H8BrF2N3O/c1-9(11,12)4-2-5(16)15-8-6(4)7(10)13-3-14-8/h3-4H,2H2,1H3,(H,13,14,15,16)/t4-/m1/s1. The third-order valence-electron chi connectivity index (χ3n) is 2.44. The molecule has 0 bridgehead atoms. The summed E-state index contributed by atoms with van der Waals surface area (Å²) in [6.45, 7) is 0.791. The number of carbonyl (C=O) groups is 1. The molecule has 1 amide bonds. The molecule has 1 aromatic heterocycles. The molecular formula is C9H8BrF2N3O. The molecule has 0 saturated carbocycles. The van der Waals surface area contributed by atoms with E-state index in [0.29, 0.717) is 4.60 Å². The molecule has 1 aromatic rings. The summed E-state index contributed by atoms with van der Waals surface area (Å²) >= 11 is 3.10. The van der Waals surface area contributed by atoms with E-state index in [1.165, 1.54) is 6.33 Å². The molecule has 1 aliphatic rings. The molecule has 0 aliphatic carbocycles. The maximum atomic E-state index is 13.4. The molecule has 16 heavy (non-hydrogen) atoms. The number of nitrogens with zero attached hydrogens (tertiary/aromatic N) is 2. The number of hydrogen-bond donors (Lipinski definition) is 1. The maximum absolute atomic E-state index is 13.4. The average molecular weight is 292 g/mol. The van der Waals surface area contributed by atoms with Gasteiger partial charge in [-0.25, -0.2) is 18.7 Å². The van der Waals surface area contributed by atoms with E-state index >= 15 is 0 Å². The summed E-state index contributed by atoms with van der Waals surface area (Å²) in [5, 5.41) is 2.45. The predicted molar refractivity (Wildman–Crippen MR) is 56.3 cm³/mol. The maximum Gasteiger partial charge on any atom is 0.252 e. The lowest BCUT2D eigenvalue weighted by Gasteiger charge is -2.29. The van der Waals surface area contributed by atoms with Crippen LogP contribution in [-0.2, 0) is 4.79 Å². The highest BCUT2D eigenvalue weighted by Gasteiger charge is 2.42. The van der Waals surface area contributed by atoms with Gasteiger partial charge in [0.25, 0.3) is 5.92 Å². The van der Waals surface area contributed by atoms with Crippen LogP contribution in [0.15, 0.2) is 10.9 Å². The van der Waals surface area contributed by atoms with Crippen LogP contribution >= 0.6 is 15.9 Å². The van der Waals surface area contributed by atoms with Gasteiger partial charge in [0.2, 0.25) is 5.91 Å². The molecule has 2 rings (SSSR count). The summed E-state index contributed by atoms with van der Waals surface area (Å²) in [4.78, 5) is 18.9. The highest BCUT2D eigenvalue weighted by molar-refractivity contribution is 9.10.